The summed E-state index contributed by atoms with van der Waals surface area (Å²) in [6, 6.07) is 7.65. The van der Waals surface area contributed by atoms with Gasteiger partial charge in [-0.2, -0.15) is 5.90 Å². The van der Waals surface area contributed by atoms with Crippen LogP contribution in [0.4, 0.5) is 0 Å². The molecule has 0 saturated carbocycles. The summed E-state index contributed by atoms with van der Waals surface area (Å²) in [6.45, 7) is 0. The molecule has 2 N–H and O–H groups in total. The van der Waals surface area contributed by atoms with Gasteiger partial charge in [-0.1, -0.05) is 12.1 Å². The van der Waals surface area contributed by atoms with Crippen molar-refractivity contribution in [3.05, 3.63) is 24.3 Å². The zero-order valence-corrected chi connectivity index (χ0v) is 7.74. The highest BCUT2D eigenvalue weighted by molar-refractivity contribution is 7.98. The summed E-state index contributed by atoms with van der Waals surface area (Å²) in [4.78, 5) is 5.68. The van der Waals surface area contributed by atoms with Crippen LogP contribution in [0.2, 0.25) is 0 Å². The van der Waals surface area contributed by atoms with E-state index in [9.17, 15) is 0 Å². The van der Waals surface area contributed by atoms with Crippen LogP contribution in [-0.2, 0) is 0 Å². The van der Waals surface area contributed by atoms with Crippen LogP contribution in [0.1, 0.15) is 0 Å². The number of benzene rings is 1. The SMILES string of the molecule is CSc1ccccc1ON.Cl. The zero-order valence-electron chi connectivity index (χ0n) is 6.11. The Morgan fingerprint density at radius 3 is 2.45 bits per heavy atom. The van der Waals surface area contributed by atoms with Gasteiger partial charge in [0, 0.05) is 0 Å². The van der Waals surface area contributed by atoms with E-state index in [1.807, 2.05) is 30.5 Å². The summed E-state index contributed by atoms with van der Waals surface area (Å²) in [6.07, 6.45) is 1.98. The Hall–Kier alpha value is -0.380. The molecule has 0 aromatic heterocycles. The second-order valence-corrected chi connectivity index (χ2v) is 2.62. The molecule has 0 fully saturated rings. The Balaban J connectivity index is 0.000001000. The molecule has 0 bridgehead atoms. The molecular formula is C7H10ClNOS. The van der Waals surface area contributed by atoms with Crippen LogP contribution in [0.25, 0.3) is 0 Å². The number of halogens is 1. The summed E-state index contributed by atoms with van der Waals surface area (Å²) in [5.74, 6) is 5.74. The number of para-hydroxylation sites is 1. The normalized spacial score (nSPS) is 8.55. The summed E-state index contributed by atoms with van der Waals surface area (Å²) >= 11 is 1.61. The average Bonchev–Trinajstić information content (AvgIpc) is 2.04. The lowest BCUT2D eigenvalue weighted by molar-refractivity contribution is 0.326. The fourth-order valence-electron chi connectivity index (χ4n) is 0.716. The van der Waals surface area contributed by atoms with Crippen molar-refractivity contribution in [3.8, 4) is 5.75 Å². The molecule has 1 aromatic rings. The summed E-state index contributed by atoms with van der Waals surface area (Å²) in [5.41, 5.74) is 0. The van der Waals surface area contributed by atoms with Crippen molar-refractivity contribution < 1.29 is 4.84 Å². The molecule has 2 nitrogen and oxygen atoms in total. The van der Waals surface area contributed by atoms with Gasteiger partial charge in [0.15, 0.2) is 5.75 Å². The highest BCUT2D eigenvalue weighted by Gasteiger charge is 1.97. The Labute approximate surface area is 76.5 Å². The van der Waals surface area contributed by atoms with Crippen LogP contribution in [0.15, 0.2) is 29.2 Å². The van der Waals surface area contributed by atoms with E-state index in [2.05, 4.69) is 4.84 Å². The monoisotopic (exact) mass is 191 g/mol. The van der Waals surface area contributed by atoms with Crippen LogP contribution in [0, 0.1) is 0 Å². The molecule has 0 spiro atoms. The van der Waals surface area contributed by atoms with Gasteiger partial charge in [-0.15, -0.1) is 24.2 Å². The van der Waals surface area contributed by atoms with E-state index in [-0.39, 0.29) is 12.4 Å². The van der Waals surface area contributed by atoms with Gasteiger partial charge < -0.3 is 4.84 Å². The summed E-state index contributed by atoms with van der Waals surface area (Å²) < 4.78 is 0. The van der Waals surface area contributed by atoms with Gasteiger partial charge in [0.1, 0.15) is 0 Å². The molecule has 0 atom stereocenters. The minimum Gasteiger partial charge on any atom is -0.410 e. The minimum atomic E-state index is 0. The molecule has 1 aromatic carbocycles. The molecule has 0 amide bonds. The maximum atomic E-state index is 5.01. The Kier molecular flexibility index (Phi) is 5.11. The van der Waals surface area contributed by atoms with Crippen molar-refractivity contribution in [2.24, 2.45) is 5.90 Å². The fourth-order valence-corrected chi connectivity index (χ4v) is 1.25. The summed E-state index contributed by atoms with van der Waals surface area (Å²) in [5, 5.41) is 0. The molecule has 0 aliphatic carbocycles. The van der Waals surface area contributed by atoms with E-state index >= 15 is 0 Å². The van der Waals surface area contributed by atoms with E-state index < -0.39 is 0 Å². The molecule has 0 radical (unpaired) electrons. The standard InChI is InChI=1S/C7H9NOS.ClH/c1-10-7-5-3-2-4-6(7)9-8;/h2-5H,8H2,1H3;1H. The van der Waals surface area contributed by atoms with Crippen molar-refractivity contribution in [3.63, 3.8) is 0 Å². The van der Waals surface area contributed by atoms with E-state index in [0.29, 0.717) is 0 Å². The lowest BCUT2D eigenvalue weighted by atomic mass is 10.3. The number of thioether (sulfide) groups is 1. The van der Waals surface area contributed by atoms with E-state index in [4.69, 9.17) is 5.90 Å². The highest BCUT2D eigenvalue weighted by Crippen LogP contribution is 2.25. The molecule has 1 rings (SSSR count). The Morgan fingerprint density at radius 2 is 2.00 bits per heavy atom. The number of rotatable bonds is 2. The van der Waals surface area contributed by atoms with Crippen LogP contribution in [0.3, 0.4) is 0 Å². The predicted octanol–water partition coefficient (Wildman–Crippen LogP) is 2.08. The molecule has 0 unspecified atom stereocenters. The first-order valence-corrected chi connectivity index (χ1v) is 4.10. The predicted molar refractivity (Wildman–Crippen MR) is 50.3 cm³/mol. The third-order valence-electron chi connectivity index (χ3n) is 1.20. The zero-order chi connectivity index (χ0) is 7.40. The number of hydrogen-bond acceptors (Lipinski definition) is 3. The molecular weight excluding hydrogens is 182 g/mol. The largest absolute Gasteiger partial charge is 0.410 e. The molecule has 11 heavy (non-hydrogen) atoms. The lowest BCUT2D eigenvalue weighted by Gasteiger charge is -2.02. The third kappa shape index (κ3) is 2.61. The second-order valence-electron chi connectivity index (χ2n) is 1.77. The third-order valence-corrected chi connectivity index (χ3v) is 1.97. The highest BCUT2D eigenvalue weighted by atomic mass is 35.5. The first kappa shape index (κ1) is 10.6. The molecule has 0 saturated heterocycles. The van der Waals surface area contributed by atoms with Gasteiger partial charge in [-0.25, -0.2) is 0 Å². The Bertz CT molecular complexity index is 196. The van der Waals surface area contributed by atoms with Crippen LogP contribution in [-0.4, -0.2) is 6.26 Å². The van der Waals surface area contributed by atoms with Crippen molar-refractivity contribution >= 4 is 24.2 Å². The van der Waals surface area contributed by atoms with Crippen molar-refractivity contribution in [1.29, 1.82) is 0 Å². The maximum absolute atomic E-state index is 5.01. The quantitative estimate of drug-likeness (QED) is 0.575. The minimum absolute atomic E-state index is 0. The van der Waals surface area contributed by atoms with Gasteiger partial charge in [0.2, 0.25) is 0 Å². The van der Waals surface area contributed by atoms with Gasteiger partial charge in [-0.05, 0) is 18.4 Å². The van der Waals surface area contributed by atoms with Crippen molar-refractivity contribution in [1.82, 2.24) is 0 Å². The molecule has 4 heteroatoms. The topological polar surface area (TPSA) is 35.2 Å². The summed E-state index contributed by atoms with van der Waals surface area (Å²) in [7, 11) is 0. The number of nitrogens with two attached hydrogens (primary N) is 1. The van der Waals surface area contributed by atoms with Gasteiger partial charge in [-0.3, -0.25) is 0 Å². The second kappa shape index (κ2) is 5.29. The van der Waals surface area contributed by atoms with Crippen LogP contribution in [0.5, 0.6) is 5.75 Å². The first-order chi connectivity index (χ1) is 4.88. The molecule has 62 valence electrons. The maximum Gasteiger partial charge on any atom is 0.160 e. The van der Waals surface area contributed by atoms with E-state index in [1.54, 1.807) is 11.8 Å². The van der Waals surface area contributed by atoms with Crippen LogP contribution >= 0.6 is 24.2 Å². The smallest absolute Gasteiger partial charge is 0.160 e. The van der Waals surface area contributed by atoms with Gasteiger partial charge in [0.05, 0.1) is 4.90 Å². The fraction of sp³-hybridized carbons (Fsp3) is 0.143. The molecule has 0 aliphatic heterocycles. The molecule has 0 aliphatic rings. The molecule has 0 heterocycles. The Morgan fingerprint density at radius 1 is 1.36 bits per heavy atom. The van der Waals surface area contributed by atoms with E-state index in [0.717, 1.165) is 10.6 Å². The van der Waals surface area contributed by atoms with Crippen molar-refractivity contribution in [2.45, 2.75) is 4.90 Å². The number of hydrogen-bond donors (Lipinski definition) is 1. The van der Waals surface area contributed by atoms with Gasteiger partial charge >= 0.3 is 0 Å². The first-order valence-electron chi connectivity index (χ1n) is 2.88. The average molecular weight is 192 g/mol. The lowest BCUT2D eigenvalue weighted by Crippen LogP contribution is -2.02. The van der Waals surface area contributed by atoms with Crippen LogP contribution < -0.4 is 10.7 Å². The van der Waals surface area contributed by atoms with Crippen molar-refractivity contribution in [2.75, 3.05) is 6.26 Å². The van der Waals surface area contributed by atoms with E-state index in [1.165, 1.54) is 0 Å². The van der Waals surface area contributed by atoms with Gasteiger partial charge in [0.25, 0.3) is 0 Å².